The van der Waals surface area contributed by atoms with Gasteiger partial charge >= 0.3 is 6.18 Å². The number of hydrogen-bond acceptors (Lipinski definition) is 5. The maximum Gasteiger partial charge on any atom is 0.416 e. The number of hydrogen-bond donors (Lipinski definition) is 1. The molecule has 2 aromatic rings. The number of nitrogens with zero attached hydrogens (tertiary/aromatic N) is 2. The largest absolute Gasteiger partial charge is 0.416 e. The van der Waals surface area contributed by atoms with Gasteiger partial charge in [0.1, 0.15) is 6.10 Å². The fourth-order valence-electron chi connectivity index (χ4n) is 2.17. The Morgan fingerprint density at radius 1 is 1.29 bits per heavy atom. The van der Waals surface area contributed by atoms with Crippen molar-refractivity contribution in [1.82, 2.24) is 10.1 Å². The van der Waals surface area contributed by atoms with Crippen LogP contribution in [0.1, 0.15) is 30.3 Å². The van der Waals surface area contributed by atoms with E-state index in [1.165, 1.54) is 6.07 Å². The summed E-state index contributed by atoms with van der Waals surface area (Å²) in [5.74, 6) is 0.295. The molecule has 112 valence electrons. The molecule has 0 bridgehead atoms. The Hall–Kier alpha value is -2.09. The first-order valence-corrected chi connectivity index (χ1v) is 6.37. The molecule has 0 amide bonds. The summed E-state index contributed by atoms with van der Waals surface area (Å²) in [6.45, 7) is 0.611. The normalized spacial score (nSPS) is 19.1. The Kier molecular flexibility index (Phi) is 3.32. The van der Waals surface area contributed by atoms with E-state index in [9.17, 15) is 13.2 Å². The summed E-state index contributed by atoms with van der Waals surface area (Å²) in [6, 6.07) is 2.99. The third-order valence-corrected chi connectivity index (χ3v) is 3.27. The summed E-state index contributed by atoms with van der Waals surface area (Å²) >= 11 is 0. The molecule has 1 unspecified atom stereocenters. The van der Waals surface area contributed by atoms with Gasteiger partial charge in [-0.3, -0.25) is 0 Å². The van der Waals surface area contributed by atoms with Crippen LogP contribution < -0.4 is 5.73 Å². The van der Waals surface area contributed by atoms with Crippen molar-refractivity contribution in [3.63, 3.8) is 0 Å². The summed E-state index contributed by atoms with van der Waals surface area (Å²) in [4.78, 5) is 4.10. The van der Waals surface area contributed by atoms with E-state index in [1.54, 1.807) is 0 Å². The minimum atomic E-state index is -4.46. The molecule has 21 heavy (non-hydrogen) atoms. The minimum absolute atomic E-state index is 0.0379. The molecule has 0 saturated carbocycles. The molecule has 1 fully saturated rings. The number of alkyl halides is 3. The lowest BCUT2D eigenvalue weighted by Crippen LogP contribution is -2.05. The Bertz CT molecular complexity index is 648. The van der Waals surface area contributed by atoms with Gasteiger partial charge in [-0.15, -0.1) is 0 Å². The number of nitrogens with two attached hydrogens (primary N) is 1. The molecular weight excluding hydrogens is 287 g/mol. The molecule has 0 spiro atoms. The second-order valence-electron chi connectivity index (χ2n) is 4.76. The van der Waals surface area contributed by atoms with Gasteiger partial charge in [0.05, 0.1) is 11.1 Å². The first-order valence-electron chi connectivity index (χ1n) is 6.37. The first-order chi connectivity index (χ1) is 9.95. The van der Waals surface area contributed by atoms with Crippen molar-refractivity contribution in [1.29, 1.82) is 0 Å². The van der Waals surface area contributed by atoms with E-state index in [-0.39, 0.29) is 23.2 Å². The van der Waals surface area contributed by atoms with E-state index in [2.05, 4.69) is 10.1 Å². The number of anilines is 1. The molecule has 1 saturated heterocycles. The highest BCUT2D eigenvalue weighted by atomic mass is 19.4. The maximum atomic E-state index is 12.7. The van der Waals surface area contributed by atoms with Crippen molar-refractivity contribution in [2.75, 3.05) is 12.3 Å². The highest BCUT2D eigenvalue weighted by Gasteiger charge is 2.32. The van der Waals surface area contributed by atoms with E-state index >= 15 is 0 Å². The third-order valence-electron chi connectivity index (χ3n) is 3.27. The second kappa shape index (κ2) is 5.03. The van der Waals surface area contributed by atoms with E-state index in [1.807, 2.05) is 0 Å². The number of aromatic nitrogens is 2. The first kappa shape index (κ1) is 13.9. The predicted octanol–water partition coefficient (Wildman–Crippen LogP) is 3.19. The van der Waals surface area contributed by atoms with Crippen LogP contribution in [0, 0.1) is 0 Å². The highest BCUT2D eigenvalue weighted by Crippen LogP contribution is 2.35. The van der Waals surface area contributed by atoms with Gasteiger partial charge in [0, 0.05) is 12.3 Å². The molecule has 8 heteroatoms. The van der Waals surface area contributed by atoms with Crippen molar-refractivity contribution >= 4 is 5.69 Å². The molecule has 1 aliphatic rings. The van der Waals surface area contributed by atoms with Crippen molar-refractivity contribution in [3.05, 3.63) is 29.6 Å². The van der Waals surface area contributed by atoms with Crippen LogP contribution in [0.15, 0.2) is 22.7 Å². The molecule has 1 aliphatic heterocycles. The van der Waals surface area contributed by atoms with Crippen LogP contribution in [0.25, 0.3) is 11.5 Å². The second-order valence-corrected chi connectivity index (χ2v) is 4.76. The number of halogens is 3. The standard InChI is InChI=1S/C13H12F3N3O2/c14-13(15,16)7-3-4-9(17)8(6-7)12-18-11(19-21-12)10-2-1-5-20-10/h3-4,6,10H,1-2,5,17H2. The Balaban J connectivity index is 1.96. The summed E-state index contributed by atoms with van der Waals surface area (Å²) < 4.78 is 48.6. The molecule has 1 aromatic carbocycles. The van der Waals surface area contributed by atoms with Crippen molar-refractivity contribution in [2.45, 2.75) is 25.1 Å². The van der Waals surface area contributed by atoms with Crippen molar-refractivity contribution in [2.24, 2.45) is 0 Å². The summed E-state index contributed by atoms with van der Waals surface area (Å²) in [7, 11) is 0. The van der Waals surface area contributed by atoms with Crippen molar-refractivity contribution < 1.29 is 22.4 Å². The SMILES string of the molecule is Nc1ccc(C(F)(F)F)cc1-c1nc(C2CCCO2)no1. The Morgan fingerprint density at radius 2 is 2.10 bits per heavy atom. The summed E-state index contributed by atoms with van der Waals surface area (Å²) in [5, 5.41) is 3.76. The van der Waals surface area contributed by atoms with Gasteiger partial charge in [0.25, 0.3) is 5.89 Å². The lowest BCUT2D eigenvalue weighted by molar-refractivity contribution is -0.137. The molecule has 2 heterocycles. The summed E-state index contributed by atoms with van der Waals surface area (Å²) in [5.41, 5.74) is 5.10. The maximum absolute atomic E-state index is 12.7. The zero-order chi connectivity index (χ0) is 15.0. The van der Waals surface area contributed by atoms with Gasteiger partial charge in [-0.25, -0.2) is 0 Å². The number of rotatable bonds is 2. The number of benzene rings is 1. The molecule has 1 atom stereocenters. The van der Waals surface area contributed by atoms with Gasteiger partial charge in [-0.2, -0.15) is 18.2 Å². The van der Waals surface area contributed by atoms with E-state index in [0.29, 0.717) is 12.4 Å². The van der Waals surface area contributed by atoms with Gasteiger partial charge in [-0.05, 0) is 31.0 Å². The van der Waals surface area contributed by atoms with Crippen LogP contribution in [-0.2, 0) is 10.9 Å². The monoisotopic (exact) mass is 299 g/mol. The van der Waals surface area contributed by atoms with Gasteiger partial charge < -0.3 is 15.0 Å². The average Bonchev–Trinajstić information content (AvgIpc) is 3.09. The molecule has 5 nitrogen and oxygen atoms in total. The number of nitrogen functional groups attached to an aromatic ring is 1. The van der Waals surface area contributed by atoms with E-state index < -0.39 is 11.7 Å². The molecule has 0 aliphatic carbocycles. The molecule has 0 radical (unpaired) electrons. The Morgan fingerprint density at radius 3 is 2.76 bits per heavy atom. The average molecular weight is 299 g/mol. The van der Waals surface area contributed by atoms with Gasteiger partial charge in [0.2, 0.25) is 5.82 Å². The van der Waals surface area contributed by atoms with Gasteiger partial charge in [-0.1, -0.05) is 5.16 Å². The number of ether oxygens (including phenoxy) is 1. The lowest BCUT2D eigenvalue weighted by Gasteiger charge is -2.08. The molecular formula is C13H12F3N3O2. The molecule has 3 rings (SSSR count). The van der Waals surface area contributed by atoms with Crippen molar-refractivity contribution in [3.8, 4) is 11.5 Å². The fraction of sp³-hybridized carbons (Fsp3) is 0.385. The van der Waals surface area contributed by atoms with Crippen LogP contribution in [0.2, 0.25) is 0 Å². The van der Waals surface area contributed by atoms with Crippen LogP contribution in [0.5, 0.6) is 0 Å². The van der Waals surface area contributed by atoms with Crippen LogP contribution in [0.3, 0.4) is 0 Å². The minimum Gasteiger partial charge on any atom is -0.398 e. The van der Waals surface area contributed by atoms with Crippen LogP contribution in [0.4, 0.5) is 18.9 Å². The zero-order valence-corrected chi connectivity index (χ0v) is 10.9. The Labute approximate surface area is 117 Å². The lowest BCUT2D eigenvalue weighted by atomic mass is 10.1. The van der Waals surface area contributed by atoms with E-state index in [0.717, 1.165) is 25.0 Å². The molecule has 1 aromatic heterocycles. The highest BCUT2D eigenvalue weighted by molar-refractivity contribution is 5.71. The third kappa shape index (κ3) is 2.71. The quantitative estimate of drug-likeness (QED) is 0.862. The van der Waals surface area contributed by atoms with Crippen LogP contribution >= 0.6 is 0 Å². The van der Waals surface area contributed by atoms with E-state index in [4.69, 9.17) is 15.0 Å². The van der Waals surface area contributed by atoms with Gasteiger partial charge in [0.15, 0.2) is 0 Å². The topological polar surface area (TPSA) is 74.2 Å². The smallest absolute Gasteiger partial charge is 0.398 e. The molecule has 2 N–H and O–H groups in total. The van der Waals surface area contributed by atoms with Crippen LogP contribution in [-0.4, -0.2) is 16.7 Å². The zero-order valence-electron chi connectivity index (χ0n) is 10.9. The predicted molar refractivity (Wildman–Crippen MR) is 67.1 cm³/mol. The fourth-order valence-corrected chi connectivity index (χ4v) is 2.17. The summed E-state index contributed by atoms with van der Waals surface area (Å²) in [6.07, 6.45) is -3.08.